The fourth-order valence-corrected chi connectivity index (χ4v) is 1.84. The van der Waals surface area contributed by atoms with Crippen LogP contribution < -0.4 is 16.0 Å². The molecule has 0 spiro atoms. The second kappa shape index (κ2) is 6.00. The van der Waals surface area contributed by atoms with Gasteiger partial charge in [-0.1, -0.05) is 19.8 Å². The third-order valence-corrected chi connectivity index (χ3v) is 3.18. The van der Waals surface area contributed by atoms with E-state index in [0.717, 1.165) is 17.8 Å². The van der Waals surface area contributed by atoms with E-state index in [2.05, 4.69) is 22.3 Å². The Labute approximate surface area is 108 Å². The molecule has 0 atom stereocenters. The highest BCUT2D eigenvalue weighted by molar-refractivity contribution is 5.48. The van der Waals surface area contributed by atoms with Crippen LogP contribution in [0.2, 0.25) is 0 Å². The zero-order valence-electron chi connectivity index (χ0n) is 11.2. The number of ether oxygens (including phenoxy) is 1. The molecule has 0 aliphatic heterocycles. The molecule has 0 amide bonds. The number of nitrogen functional groups attached to an aromatic ring is 1. The lowest BCUT2D eigenvalue weighted by Crippen LogP contribution is -2.14. The van der Waals surface area contributed by atoms with Gasteiger partial charge in [-0.25, -0.2) is 10.8 Å². The summed E-state index contributed by atoms with van der Waals surface area (Å²) < 4.78 is 5.75. The molecular formula is C13H22N4O. The van der Waals surface area contributed by atoms with Crippen molar-refractivity contribution in [2.24, 2.45) is 5.84 Å². The zero-order valence-corrected chi connectivity index (χ0v) is 11.2. The molecule has 0 radical (unpaired) electrons. The van der Waals surface area contributed by atoms with Crippen molar-refractivity contribution in [3.8, 4) is 5.88 Å². The largest absolute Gasteiger partial charge is 0.477 e. The van der Waals surface area contributed by atoms with Gasteiger partial charge in [0, 0.05) is 5.92 Å². The van der Waals surface area contributed by atoms with Gasteiger partial charge in [0.25, 0.3) is 0 Å². The molecule has 100 valence electrons. The van der Waals surface area contributed by atoms with E-state index in [0.29, 0.717) is 24.2 Å². The van der Waals surface area contributed by atoms with E-state index in [1.807, 2.05) is 6.92 Å². The van der Waals surface area contributed by atoms with Gasteiger partial charge in [-0.05, 0) is 26.2 Å². The first-order chi connectivity index (χ1) is 8.76. The molecule has 0 saturated heterocycles. The lowest BCUT2D eigenvalue weighted by molar-refractivity contribution is 0.291. The quantitative estimate of drug-likeness (QED) is 0.442. The first-order valence-electron chi connectivity index (χ1n) is 6.74. The van der Waals surface area contributed by atoms with E-state index in [-0.39, 0.29) is 0 Å². The van der Waals surface area contributed by atoms with E-state index >= 15 is 0 Å². The molecule has 1 heterocycles. The van der Waals surface area contributed by atoms with Crippen molar-refractivity contribution in [1.82, 2.24) is 9.97 Å². The van der Waals surface area contributed by atoms with Gasteiger partial charge in [0.1, 0.15) is 11.6 Å². The van der Waals surface area contributed by atoms with Gasteiger partial charge in [0.15, 0.2) is 0 Å². The first kappa shape index (κ1) is 13.1. The summed E-state index contributed by atoms with van der Waals surface area (Å²) in [5.74, 6) is 8.20. The van der Waals surface area contributed by atoms with Gasteiger partial charge in [-0.3, -0.25) is 0 Å². The predicted molar refractivity (Wildman–Crippen MR) is 71.6 cm³/mol. The Morgan fingerprint density at radius 2 is 2.11 bits per heavy atom. The molecule has 3 N–H and O–H groups in total. The van der Waals surface area contributed by atoms with Crippen molar-refractivity contribution < 1.29 is 4.74 Å². The molecule has 0 unspecified atom stereocenters. The second-order valence-corrected chi connectivity index (χ2v) is 4.83. The minimum atomic E-state index is 0.496. The molecule has 0 bridgehead atoms. The van der Waals surface area contributed by atoms with E-state index in [1.54, 1.807) is 0 Å². The van der Waals surface area contributed by atoms with E-state index in [4.69, 9.17) is 10.6 Å². The Kier molecular flexibility index (Phi) is 4.36. The summed E-state index contributed by atoms with van der Waals surface area (Å²) in [5, 5.41) is 0. The number of nitrogens with two attached hydrogens (primary N) is 1. The maximum Gasteiger partial charge on any atom is 0.221 e. The van der Waals surface area contributed by atoms with Crippen LogP contribution in [-0.2, 0) is 0 Å². The van der Waals surface area contributed by atoms with E-state index in [9.17, 15) is 0 Å². The van der Waals surface area contributed by atoms with Crippen LogP contribution in [0.5, 0.6) is 5.88 Å². The number of anilines is 1. The number of rotatable bonds is 7. The SMILES string of the molecule is CCCCCOc1nc(C2CC2)nc(NN)c1C. The Morgan fingerprint density at radius 1 is 1.33 bits per heavy atom. The summed E-state index contributed by atoms with van der Waals surface area (Å²) in [7, 11) is 0. The lowest BCUT2D eigenvalue weighted by atomic mass is 10.2. The molecule has 2 rings (SSSR count). The molecule has 0 aromatic carbocycles. The van der Waals surface area contributed by atoms with Gasteiger partial charge in [-0.15, -0.1) is 0 Å². The second-order valence-electron chi connectivity index (χ2n) is 4.83. The molecule has 1 fully saturated rings. The van der Waals surface area contributed by atoms with Gasteiger partial charge >= 0.3 is 0 Å². The Balaban J connectivity index is 2.08. The number of unbranched alkanes of at least 4 members (excludes halogenated alkanes) is 2. The molecular weight excluding hydrogens is 228 g/mol. The monoisotopic (exact) mass is 250 g/mol. The predicted octanol–water partition coefficient (Wildman–Crippen LogP) is 2.52. The third kappa shape index (κ3) is 3.10. The normalized spacial score (nSPS) is 14.6. The van der Waals surface area contributed by atoms with Crippen molar-refractivity contribution in [3.63, 3.8) is 0 Å². The van der Waals surface area contributed by atoms with E-state index < -0.39 is 0 Å². The highest BCUT2D eigenvalue weighted by Gasteiger charge is 2.28. The van der Waals surface area contributed by atoms with Crippen LogP contribution in [0.25, 0.3) is 0 Å². The maximum absolute atomic E-state index is 5.75. The van der Waals surface area contributed by atoms with Crippen LogP contribution >= 0.6 is 0 Å². The Morgan fingerprint density at radius 3 is 2.72 bits per heavy atom. The average Bonchev–Trinajstić information content (AvgIpc) is 3.20. The molecule has 1 saturated carbocycles. The van der Waals surface area contributed by atoms with Gasteiger partial charge in [0.2, 0.25) is 5.88 Å². The van der Waals surface area contributed by atoms with Crippen LogP contribution in [0.1, 0.15) is 56.3 Å². The van der Waals surface area contributed by atoms with Gasteiger partial charge in [-0.2, -0.15) is 4.98 Å². The molecule has 5 heteroatoms. The highest BCUT2D eigenvalue weighted by Crippen LogP contribution is 2.39. The highest BCUT2D eigenvalue weighted by atomic mass is 16.5. The Hall–Kier alpha value is -1.36. The zero-order chi connectivity index (χ0) is 13.0. The number of aromatic nitrogens is 2. The van der Waals surface area contributed by atoms with E-state index in [1.165, 1.54) is 25.7 Å². The van der Waals surface area contributed by atoms with Crippen molar-refractivity contribution in [2.45, 2.75) is 51.9 Å². The number of hydrogen-bond donors (Lipinski definition) is 2. The average molecular weight is 250 g/mol. The standard InChI is InChI=1S/C13H22N4O/c1-3-4-5-8-18-13-9(2)11(17-14)15-12(16-13)10-6-7-10/h10H,3-8,14H2,1-2H3,(H,15,16,17). The summed E-state index contributed by atoms with van der Waals surface area (Å²) in [5.41, 5.74) is 3.52. The van der Waals surface area contributed by atoms with Crippen LogP contribution in [0.15, 0.2) is 0 Å². The minimum Gasteiger partial charge on any atom is -0.477 e. The summed E-state index contributed by atoms with van der Waals surface area (Å²) in [6.07, 6.45) is 5.77. The van der Waals surface area contributed by atoms with Crippen LogP contribution in [0, 0.1) is 6.92 Å². The van der Waals surface area contributed by atoms with Crippen LogP contribution in [0.4, 0.5) is 5.82 Å². The molecule has 5 nitrogen and oxygen atoms in total. The molecule has 1 aliphatic rings. The number of hydrogen-bond acceptors (Lipinski definition) is 5. The molecule has 1 aromatic heterocycles. The lowest BCUT2D eigenvalue weighted by Gasteiger charge is -2.12. The summed E-state index contributed by atoms with van der Waals surface area (Å²) in [6, 6.07) is 0. The maximum atomic E-state index is 5.75. The van der Waals surface area contributed by atoms with Crippen molar-refractivity contribution in [3.05, 3.63) is 11.4 Å². The van der Waals surface area contributed by atoms with Crippen LogP contribution in [-0.4, -0.2) is 16.6 Å². The van der Waals surface area contributed by atoms with Crippen molar-refractivity contribution in [2.75, 3.05) is 12.0 Å². The molecule has 1 aromatic rings. The van der Waals surface area contributed by atoms with Crippen molar-refractivity contribution in [1.29, 1.82) is 0 Å². The summed E-state index contributed by atoms with van der Waals surface area (Å²) in [6.45, 7) is 4.82. The number of nitrogens with zero attached hydrogens (tertiary/aromatic N) is 2. The smallest absolute Gasteiger partial charge is 0.221 e. The summed E-state index contributed by atoms with van der Waals surface area (Å²) in [4.78, 5) is 8.94. The Bertz CT molecular complexity index is 404. The van der Waals surface area contributed by atoms with Gasteiger partial charge in [0.05, 0.1) is 12.2 Å². The topological polar surface area (TPSA) is 73.1 Å². The third-order valence-electron chi connectivity index (χ3n) is 3.18. The first-order valence-corrected chi connectivity index (χ1v) is 6.74. The fourth-order valence-electron chi connectivity index (χ4n) is 1.84. The van der Waals surface area contributed by atoms with Gasteiger partial charge < -0.3 is 10.2 Å². The number of hydrazine groups is 1. The van der Waals surface area contributed by atoms with Crippen molar-refractivity contribution >= 4 is 5.82 Å². The minimum absolute atomic E-state index is 0.496. The summed E-state index contributed by atoms with van der Waals surface area (Å²) >= 11 is 0. The van der Waals surface area contributed by atoms with Crippen LogP contribution in [0.3, 0.4) is 0 Å². The molecule has 1 aliphatic carbocycles. The number of nitrogens with one attached hydrogen (secondary N) is 1. The fraction of sp³-hybridized carbons (Fsp3) is 0.692. The molecule has 18 heavy (non-hydrogen) atoms.